The Bertz CT molecular complexity index is 811. The first-order valence-corrected chi connectivity index (χ1v) is 7.86. The maximum Gasteiger partial charge on any atom is 0.194 e. The summed E-state index contributed by atoms with van der Waals surface area (Å²) in [5.41, 5.74) is 1.42. The second kappa shape index (κ2) is 5.61. The zero-order chi connectivity index (χ0) is 14.1. The molecule has 0 saturated carbocycles. The highest BCUT2D eigenvalue weighted by Crippen LogP contribution is 2.25. The lowest BCUT2D eigenvalue weighted by Gasteiger charge is -2.07. The molecule has 1 aromatic heterocycles. The molecule has 0 fully saturated rings. The number of nitrogens with zero attached hydrogens (tertiary/aromatic N) is 1. The normalized spacial score (nSPS) is 10.7. The third-order valence-corrected chi connectivity index (χ3v) is 4.53. The van der Waals surface area contributed by atoms with Gasteiger partial charge in [-0.1, -0.05) is 34.1 Å². The summed E-state index contributed by atoms with van der Waals surface area (Å²) in [4.78, 5) is 16.9. The van der Waals surface area contributed by atoms with Crippen molar-refractivity contribution in [1.82, 2.24) is 4.98 Å². The summed E-state index contributed by atoms with van der Waals surface area (Å²) in [6.45, 7) is 0. The van der Waals surface area contributed by atoms with Crippen LogP contribution in [0.5, 0.6) is 0 Å². The number of carbonyl (C=O) groups is 1. The molecule has 0 bridgehead atoms. The average Bonchev–Trinajstić information content (AvgIpc) is 2.48. The van der Waals surface area contributed by atoms with Crippen molar-refractivity contribution < 1.29 is 4.79 Å². The fourth-order valence-corrected chi connectivity index (χ4v) is 3.08. The van der Waals surface area contributed by atoms with Crippen molar-refractivity contribution in [2.45, 2.75) is 0 Å². The van der Waals surface area contributed by atoms with Crippen molar-refractivity contribution in [2.75, 3.05) is 0 Å². The van der Waals surface area contributed by atoms with Gasteiger partial charge in [0.1, 0.15) is 0 Å². The lowest BCUT2D eigenvalue weighted by molar-refractivity contribution is 0.103. The molecule has 4 heteroatoms. The van der Waals surface area contributed by atoms with Gasteiger partial charge in [-0.05, 0) is 52.2 Å². The van der Waals surface area contributed by atoms with Crippen molar-refractivity contribution in [1.29, 1.82) is 0 Å². The molecule has 0 atom stereocenters. The van der Waals surface area contributed by atoms with E-state index in [1.54, 1.807) is 12.4 Å². The van der Waals surface area contributed by atoms with Crippen LogP contribution in [0.3, 0.4) is 0 Å². The molecule has 0 unspecified atom stereocenters. The van der Waals surface area contributed by atoms with E-state index in [1.165, 1.54) is 0 Å². The third-order valence-electron chi connectivity index (χ3n) is 3.10. The SMILES string of the molecule is O=C(c1cc(Br)ccc1I)c1cccc2cnccc12. The first-order chi connectivity index (χ1) is 9.66. The lowest BCUT2D eigenvalue weighted by atomic mass is 9.98. The summed E-state index contributed by atoms with van der Waals surface area (Å²) in [5, 5.41) is 1.91. The van der Waals surface area contributed by atoms with Gasteiger partial charge in [-0.25, -0.2) is 0 Å². The van der Waals surface area contributed by atoms with Crippen molar-refractivity contribution in [3.8, 4) is 0 Å². The van der Waals surface area contributed by atoms with Crippen LogP contribution in [0.1, 0.15) is 15.9 Å². The van der Waals surface area contributed by atoms with Gasteiger partial charge >= 0.3 is 0 Å². The lowest BCUT2D eigenvalue weighted by Crippen LogP contribution is -2.04. The molecule has 3 aromatic rings. The number of carbonyl (C=O) groups excluding carboxylic acids is 1. The van der Waals surface area contributed by atoms with E-state index in [1.807, 2.05) is 42.5 Å². The highest BCUT2D eigenvalue weighted by atomic mass is 127. The van der Waals surface area contributed by atoms with Crippen LogP contribution in [0, 0.1) is 3.57 Å². The van der Waals surface area contributed by atoms with E-state index in [-0.39, 0.29) is 5.78 Å². The van der Waals surface area contributed by atoms with Crippen LogP contribution in [0.25, 0.3) is 10.8 Å². The number of hydrogen-bond acceptors (Lipinski definition) is 2. The van der Waals surface area contributed by atoms with E-state index in [0.29, 0.717) is 11.1 Å². The van der Waals surface area contributed by atoms with Crippen LogP contribution in [-0.2, 0) is 0 Å². The fraction of sp³-hybridized carbons (Fsp3) is 0. The fourth-order valence-electron chi connectivity index (χ4n) is 2.14. The highest BCUT2D eigenvalue weighted by Gasteiger charge is 2.15. The van der Waals surface area contributed by atoms with E-state index >= 15 is 0 Å². The molecule has 0 N–H and O–H groups in total. The van der Waals surface area contributed by atoms with Crippen LogP contribution in [0.15, 0.2) is 59.3 Å². The molecule has 20 heavy (non-hydrogen) atoms. The molecule has 98 valence electrons. The number of fused-ring (bicyclic) bond motifs is 1. The minimum atomic E-state index is 0.0347. The van der Waals surface area contributed by atoms with Crippen LogP contribution in [0.4, 0.5) is 0 Å². The Morgan fingerprint density at radius 1 is 1.10 bits per heavy atom. The molecular formula is C16H9BrINO. The molecule has 0 spiro atoms. The molecule has 0 radical (unpaired) electrons. The Morgan fingerprint density at radius 3 is 2.80 bits per heavy atom. The van der Waals surface area contributed by atoms with E-state index < -0.39 is 0 Å². The summed E-state index contributed by atoms with van der Waals surface area (Å²) in [6.07, 6.45) is 3.49. The molecule has 2 aromatic carbocycles. The van der Waals surface area contributed by atoms with Crippen molar-refractivity contribution in [2.24, 2.45) is 0 Å². The zero-order valence-electron chi connectivity index (χ0n) is 10.3. The highest BCUT2D eigenvalue weighted by molar-refractivity contribution is 14.1. The first-order valence-electron chi connectivity index (χ1n) is 5.99. The van der Waals surface area contributed by atoms with Crippen LogP contribution in [-0.4, -0.2) is 10.8 Å². The maximum atomic E-state index is 12.8. The topological polar surface area (TPSA) is 30.0 Å². The molecule has 1 heterocycles. The Balaban J connectivity index is 2.20. The molecule has 0 aliphatic heterocycles. The second-order valence-electron chi connectivity index (χ2n) is 4.36. The zero-order valence-corrected chi connectivity index (χ0v) is 14.1. The van der Waals surface area contributed by atoms with Gasteiger partial charge in [0.15, 0.2) is 5.78 Å². The smallest absolute Gasteiger partial charge is 0.194 e. The number of aromatic nitrogens is 1. The molecule has 0 aliphatic rings. The van der Waals surface area contributed by atoms with Gasteiger partial charge in [0.05, 0.1) is 0 Å². The summed E-state index contributed by atoms with van der Waals surface area (Å²) < 4.78 is 1.85. The summed E-state index contributed by atoms with van der Waals surface area (Å²) in [7, 11) is 0. The summed E-state index contributed by atoms with van der Waals surface area (Å²) in [5.74, 6) is 0.0347. The molecular weight excluding hydrogens is 429 g/mol. The number of ketones is 1. The minimum Gasteiger partial charge on any atom is -0.289 e. The van der Waals surface area contributed by atoms with Gasteiger partial charge < -0.3 is 0 Å². The molecule has 2 nitrogen and oxygen atoms in total. The van der Waals surface area contributed by atoms with Crippen LogP contribution < -0.4 is 0 Å². The first kappa shape index (κ1) is 13.7. The van der Waals surface area contributed by atoms with E-state index in [2.05, 4.69) is 43.5 Å². The van der Waals surface area contributed by atoms with Crippen LogP contribution >= 0.6 is 38.5 Å². The maximum absolute atomic E-state index is 12.8. The Kier molecular flexibility index (Phi) is 3.85. The quantitative estimate of drug-likeness (QED) is 0.424. The Morgan fingerprint density at radius 2 is 1.95 bits per heavy atom. The van der Waals surface area contributed by atoms with Crippen LogP contribution in [0.2, 0.25) is 0 Å². The predicted molar refractivity (Wildman–Crippen MR) is 92.0 cm³/mol. The molecule has 3 rings (SSSR count). The minimum absolute atomic E-state index is 0.0347. The number of benzene rings is 2. The Hall–Kier alpha value is -1.27. The third kappa shape index (κ3) is 2.50. The number of rotatable bonds is 2. The van der Waals surface area contributed by atoms with Gasteiger partial charge in [-0.3, -0.25) is 9.78 Å². The van der Waals surface area contributed by atoms with Gasteiger partial charge in [0.25, 0.3) is 0 Å². The second-order valence-corrected chi connectivity index (χ2v) is 6.43. The average molecular weight is 438 g/mol. The van der Waals surface area contributed by atoms with Crippen molar-refractivity contribution >= 4 is 55.1 Å². The molecule has 0 aliphatic carbocycles. The Labute approximate surface area is 138 Å². The van der Waals surface area contributed by atoms with Gasteiger partial charge in [-0.2, -0.15) is 0 Å². The van der Waals surface area contributed by atoms with E-state index in [4.69, 9.17) is 0 Å². The standard InChI is InChI=1S/C16H9BrINO/c17-11-4-5-15(18)14(8-11)16(20)13-3-1-2-10-9-19-7-6-12(10)13/h1-9H. The van der Waals surface area contributed by atoms with Crippen molar-refractivity contribution in [3.05, 3.63) is 74.0 Å². The monoisotopic (exact) mass is 437 g/mol. The number of halogens is 2. The van der Waals surface area contributed by atoms with E-state index in [0.717, 1.165) is 18.8 Å². The molecule has 0 saturated heterocycles. The van der Waals surface area contributed by atoms with Gasteiger partial charge in [0, 0.05) is 36.9 Å². The number of hydrogen-bond donors (Lipinski definition) is 0. The van der Waals surface area contributed by atoms with Gasteiger partial charge in [-0.15, -0.1) is 0 Å². The van der Waals surface area contributed by atoms with Gasteiger partial charge in [0.2, 0.25) is 0 Å². The van der Waals surface area contributed by atoms with E-state index in [9.17, 15) is 4.79 Å². The number of pyridine rings is 1. The summed E-state index contributed by atoms with van der Waals surface area (Å²) >= 11 is 5.61. The molecule has 0 amide bonds. The summed E-state index contributed by atoms with van der Waals surface area (Å²) in [6, 6.07) is 13.3. The predicted octanol–water partition coefficient (Wildman–Crippen LogP) is 4.83. The van der Waals surface area contributed by atoms with Crippen molar-refractivity contribution in [3.63, 3.8) is 0 Å². The largest absolute Gasteiger partial charge is 0.289 e.